The van der Waals surface area contributed by atoms with Crippen LogP contribution in [0, 0.1) is 0 Å². The molecule has 1 unspecified atom stereocenters. The Morgan fingerprint density at radius 2 is 1.30 bits per heavy atom. The lowest BCUT2D eigenvalue weighted by Crippen LogP contribution is -2.25. The minimum Gasteiger partial charge on any atom is -0.790 e. The van der Waals surface area contributed by atoms with Crippen molar-refractivity contribution in [1.82, 2.24) is 0 Å². The first kappa shape index (κ1) is 29.0. The molecule has 0 spiro atoms. The molecular formula is C23H39O6P-2. The van der Waals surface area contributed by atoms with Crippen LogP contribution in [0.3, 0.4) is 0 Å². The van der Waals surface area contributed by atoms with E-state index < -0.39 is 20.5 Å². The molecule has 0 amide bonds. The van der Waals surface area contributed by atoms with Gasteiger partial charge in [0.15, 0.2) is 0 Å². The Labute approximate surface area is 182 Å². The van der Waals surface area contributed by atoms with E-state index in [9.17, 15) is 19.5 Å². The zero-order valence-corrected chi connectivity index (χ0v) is 20.1. The summed E-state index contributed by atoms with van der Waals surface area (Å²) in [7, 11) is -5.05. The summed E-state index contributed by atoms with van der Waals surface area (Å²) in [6.45, 7) is 10.3. The maximum absolute atomic E-state index is 10.3. The number of hydrogen-bond donors (Lipinski definition) is 1. The SMILES string of the molecule is CC(C)=CCC/C(C)=C/CC/C(C)=C/CC/C(C)=C/COCC(O)COP(=O)([O-])[O-]. The fraction of sp³-hybridized carbons (Fsp3) is 0.652. The van der Waals surface area contributed by atoms with Crippen LogP contribution in [0.2, 0.25) is 0 Å². The molecule has 30 heavy (non-hydrogen) atoms. The molecule has 1 atom stereocenters. The van der Waals surface area contributed by atoms with Gasteiger partial charge in [-0.2, -0.15) is 0 Å². The van der Waals surface area contributed by atoms with Gasteiger partial charge in [-0.25, -0.2) is 0 Å². The molecule has 0 aromatic carbocycles. The van der Waals surface area contributed by atoms with Crippen LogP contribution in [0.15, 0.2) is 46.6 Å². The standard InChI is InChI=1S/C23H41O6P/c1-19(2)9-6-10-20(3)11-7-12-21(4)13-8-14-22(5)15-16-28-17-23(24)18-29-30(25,26)27/h9,11,13,15,23-24H,6-8,10,12,14,16-18H2,1-5H3,(H2,25,26,27)/p-2/b20-11+,21-13+,22-15+. The molecule has 0 saturated heterocycles. The zero-order valence-electron chi connectivity index (χ0n) is 19.2. The third kappa shape index (κ3) is 20.3. The van der Waals surface area contributed by atoms with Crippen molar-refractivity contribution in [3.63, 3.8) is 0 Å². The second-order valence-electron chi connectivity index (χ2n) is 7.98. The average molecular weight is 443 g/mol. The monoisotopic (exact) mass is 442 g/mol. The third-order valence-electron chi connectivity index (χ3n) is 4.44. The molecule has 0 bridgehead atoms. The summed E-state index contributed by atoms with van der Waals surface area (Å²) in [5.74, 6) is 0. The van der Waals surface area contributed by atoms with Crippen molar-refractivity contribution in [2.45, 2.75) is 79.2 Å². The molecule has 7 heteroatoms. The fourth-order valence-corrected chi connectivity index (χ4v) is 2.97. The van der Waals surface area contributed by atoms with E-state index in [1.807, 2.05) is 13.0 Å². The van der Waals surface area contributed by atoms with Gasteiger partial charge in [0.05, 0.1) is 27.6 Å². The molecule has 0 aromatic heterocycles. The van der Waals surface area contributed by atoms with Gasteiger partial charge < -0.3 is 28.7 Å². The number of phosphoric ester groups is 1. The summed E-state index contributed by atoms with van der Waals surface area (Å²) in [6.07, 6.45) is 14.0. The molecule has 0 aliphatic rings. The molecule has 0 fully saturated rings. The van der Waals surface area contributed by atoms with Crippen LogP contribution >= 0.6 is 7.82 Å². The highest BCUT2D eigenvalue weighted by molar-refractivity contribution is 7.43. The van der Waals surface area contributed by atoms with Crippen molar-refractivity contribution in [2.24, 2.45) is 0 Å². The van der Waals surface area contributed by atoms with Crippen molar-refractivity contribution in [2.75, 3.05) is 19.8 Å². The maximum Gasteiger partial charge on any atom is 0.101 e. The summed E-state index contributed by atoms with van der Waals surface area (Å²) < 4.78 is 19.6. The van der Waals surface area contributed by atoms with Crippen LogP contribution in [-0.2, 0) is 13.8 Å². The highest BCUT2D eigenvalue weighted by atomic mass is 31.2. The van der Waals surface area contributed by atoms with E-state index in [0.717, 1.165) is 38.5 Å². The fourth-order valence-electron chi connectivity index (χ4n) is 2.62. The van der Waals surface area contributed by atoms with Gasteiger partial charge in [-0.3, -0.25) is 0 Å². The van der Waals surface area contributed by atoms with Crippen LogP contribution in [0.1, 0.15) is 73.1 Å². The van der Waals surface area contributed by atoms with E-state index in [0.29, 0.717) is 6.61 Å². The molecule has 0 saturated carbocycles. The molecule has 0 radical (unpaired) electrons. The summed E-state index contributed by atoms with van der Waals surface area (Å²) in [6, 6.07) is 0. The predicted molar refractivity (Wildman–Crippen MR) is 119 cm³/mol. The summed E-state index contributed by atoms with van der Waals surface area (Å²) in [4.78, 5) is 20.7. The van der Waals surface area contributed by atoms with Gasteiger partial charge in [0.1, 0.15) is 6.10 Å². The van der Waals surface area contributed by atoms with Crippen LogP contribution < -0.4 is 9.79 Å². The number of aliphatic hydroxyl groups is 1. The van der Waals surface area contributed by atoms with Crippen molar-refractivity contribution in [3.05, 3.63) is 46.6 Å². The van der Waals surface area contributed by atoms with Gasteiger partial charge in [0.2, 0.25) is 0 Å². The summed E-state index contributed by atoms with van der Waals surface area (Å²) in [5, 5.41) is 9.47. The molecule has 174 valence electrons. The first-order valence-corrected chi connectivity index (χ1v) is 12.0. The molecule has 0 aliphatic heterocycles. The number of allylic oxidation sites excluding steroid dienone is 7. The first-order valence-electron chi connectivity index (χ1n) is 10.5. The summed E-state index contributed by atoms with van der Waals surface area (Å²) >= 11 is 0. The van der Waals surface area contributed by atoms with Gasteiger partial charge in [-0.05, 0) is 73.1 Å². The molecule has 0 aliphatic carbocycles. The van der Waals surface area contributed by atoms with Gasteiger partial charge in [0, 0.05) is 0 Å². The third-order valence-corrected chi connectivity index (χ3v) is 4.90. The Bertz CT molecular complexity index is 638. The zero-order chi connectivity index (χ0) is 23.0. The molecule has 0 aromatic rings. The van der Waals surface area contributed by atoms with Crippen LogP contribution in [0.5, 0.6) is 0 Å². The van der Waals surface area contributed by atoms with E-state index in [4.69, 9.17) is 4.74 Å². The molecule has 0 heterocycles. The molecule has 1 N–H and O–H groups in total. The second-order valence-corrected chi connectivity index (χ2v) is 9.14. The topological polar surface area (TPSA) is 102 Å². The number of phosphoric acid groups is 1. The van der Waals surface area contributed by atoms with Gasteiger partial charge >= 0.3 is 0 Å². The Morgan fingerprint density at radius 1 is 0.833 bits per heavy atom. The number of aliphatic hydroxyl groups excluding tert-OH is 1. The number of hydrogen-bond acceptors (Lipinski definition) is 6. The quantitative estimate of drug-likeness (QED) is 0.217. The molecule has 6 nitrogen and oxygen atoms in total. The Kier molecular flexibility index (Phi) is 16.1. The summed E-state index contributed by atoms with van der Waals surface area (Å²) in [5.41, 5.74) is 5.40. The molecular weight excluding hydrogens is 403 g/mol. The predicted octanol–water partition coefficient (Wildman–Crippen LogP) is 4.35. The Balaban J connectivity index is 3.98. The van der Waals surface area contributed by atoms with E-state index in [1.165, 1.54) is 22.3 Å². The van der Waals surface area contributed by atoms with Crippen LogP contribution in [0.25, 0.3) is 0 Å². The Morgan fingerprint density at radius 3 is 1.77 bits per heavy atom. The lowest BCUT2D eigenvalue weighted by molar-refractivity contribution is -0.342. The highest BCUT2D eigenvalue weighted by Gasteiger charge is 2.05. The number of ether oxygens (including phenoxy) is 1. The van der Waals surface area contributed by atoms with Gasteiger partial charge in [0.25, 0.3) is 0 Å². The minimum atomic E-state index is -5.05. The van der Waals surface area contributed by atoms with Crippen molar-refractivity contribution >= 4 is 7.82 Å². The van der Waals surface area contributed by atoms with Gasteiger partial charge in [-0.15, -0.1) is 0 Å². The van der Waals surface area contributed by atoms with Crippen molar-refractivity contribution < 1.29 is 28.7 Å². The smallest absolute Gasteiger partial charge is 0.101 e. The van der Waals surface area contributed by atoms with E-state index in [1.54, 1.807) is 0 Å². The minimum absolute atomic E-state index is 0.0932. The molecule has 0 rings (SSSR count). The van der Waals surface area contributed by atoms with Gasteiger partial charge in [-0.1, -0.05) is 46.6 Å². The lowest BCUT2D eigenvalue weighted by atomic mass is 10.0. The van der Waals surface area contributed by atoms with E-state index >= 15 is 0 Å². The lowest BCUT2D eigenvalue weighted by Gasteiger charge is -2.29. The van der Waals surface area contributed by atoms with Crippen molar-refractivity contribution in [1.29, 1.82) is 0 Å². The number of rotatable bonds is 16. The average Bonchev–Trinajstić information content (AvgIpc) is 2.62. The Hall–Kier alpha value is -1.01. The first-order chi connectivity index (χ1) is 14.0. The highest BCUT2D eigenvalue weighted by Crippen LogP contribution is 2.24. The second kappa shape index (κ2) is 16.7. The van der Waals surface area contributed by atoms with Crippen LogP contribution in [0.4, 0.5) is 0 Å². The largest absolute Gasteiger partial charge is 0.790 e. The van der Waals surface area contributed by atoms with E-state index in [2.05, 4.69) is 50.4 Å². The maximum atomic E-state index is 10.3. The van der Waals surface area contributed by atoms with Crippen LogP contribution in [-0.4, -0.2) is 31.0 Å². The van der Waals surface area contributed by atoms with E-state index in [-0.39, 0.29) is 6.61 Å². The normalized spacial score (nSPS) is 14.7. The van der Waals surface area contributed by atoms with Crippen molar-refractivity contribution in [3.8, 4) is 0 Å².